The minimum absolute atomic E-state index is 0.00603. The van der Waals surface area contributed by atoms with Crippen LogP contribution in [0, 0.1) is 0 Å². The molecule has 0 aliphatic carbocycles. The van der Waals surface area contributed by atoms with E-state index in [1.165, 1.54) is 0 Å². The van der Waals surface area contributed by atoms with Crippen LogP contribution in [0.25, 0.3) is 0 Å². The molecule has 0 saturated carbocycles. The van der Waals surface area contributed by atoms with Crippen LogP contribution in [-0.2, 0) is 10.0 Å². The minimum Gasteiger partial charge on any atom is -0.492 e. The zero-order valence-electron chi connectivity index (χ0n) is 12.4. The predicted octanol–water partition coefficient (Wildman–Crippen LogP) is 0.615. The summed E-state index contributed by atoms with van der Waals surface area (Å²) in [6, 6.07) is 7.00. The van der Waals surface area contributed by atoms with Crippen molar-refractivity contribution < 1.29 is 13.2 Å². The molecule has 118 valence electrons. The lowest BCUT2D eigenvalue weighted by Crippen LogP contribution is -2.49. The molecule has 7 heteroatoms. The second kappa shape index (κ2) is 7.11. The molecule has 0 aromatic heterocycles. The number of hydrogen-bond donors (Lipinski definition) is 1. The van der Waals surface area contributed by atoms with E-state index in [4.69, 9.17) is 10.5 Å². The van der Waals surface area contributed by atoms with Crippen LogP contribution in [0.5, 0.6) is 5.75 Å². The Morgan fingerprint density at radius 1 is 1.24 bits per heavy atom. The molecule has 0 bridgehead atoms. The summed E-state index contributed by atoms with van der Waals surface area (Å²) in [4.78, 5) is 2.25. The Balaban J connectivity index is 1.82. The Morgan fingerprint density at radius 3 is 2.57 bits per heavy atom. The molecule has 0 atom stereocenters. The van der Waals surface area contributed by atoms with Crippen molar-refractivity contribution in [2.45, 2.75) is 6.92 Å². The monoisotopic (exact) mass is 313 g/mol. The molecule has 1 fully saturated rings. The Kier molecular flexibility index (Phi) is 5.44. The van der Waals surface area contributed by atoms with Gasteiger partial charge in [-0.2, -0.15) is 4.31 Å². The fourth-order valence-electron chi connectivity index (χ4n) is 2.32. The maximum absolute atomic E-state index is 12.2. The zero-order chi connectivity index (χ0) is 15.3. The van der Waals surface area contributed by atoms with E-state index in [1.807, 2.05) is 0 Å². The van der Waals surface area contributed by atoms with Gasteiger partial charge in [0.25, 0.3) is 0 Å². The molecule has 0 unspecified atom stereocenters. The number of nitrogens with zero attached hydrogens (tertiary/aromatic N) is 2. The minimum atomic E-state index is -3.24. The SMILES string of the molecule is CCN1CCN(S(=O)(=O)CCOc2cccc(N)c2)CC1. The Bertz CT molecular complexity index is 554. The fourth-order valence-corrected chi connectivity index (χ4v) is 3.59. The van der Waals surface area contributed by atoms with Gasteiger partial charge in [0.15, 0.2) is 0 Å². The summed E-state index contributed by atoms with van der Waals surface area (Å²) >= 11 is 0. The molecule has 0 radical (unpaired) electrons. The quantitative estimate of drug-likeness (QED) is 0.779. The van der Waals surface area contributed by atoms with Gasteiger partial charge in [0.05, 0.1) is 5.75 Å². The molecule has 1 saturated heterocycles. The lowest BCUT2D eigenvalue weighted by atomic mass is 10.3. The zero-order valence-corrected chi connectivity index (χ0v) is 13.2. The molecule has 1 heterocycles. The number of ether oxygens (including phenoxy) is 1. The van der Waals surface area contributed by atoms with E-state index < -0.39 is 10.0 Å². The van der Waals surface area contributed by atoms with Gasteiger partial charge in [0.2, 0.25) is 10.0 Å². The van der Waals surface area contributed by atoms with E-state index in [0.717, 1.165) is 19.6 Å². The van der Waals surface area contributed by atoms with Crippen molar-refractivity contribution in [1.29, 1.82) is 0 Å². The van der Waals surface area contributed by atoms with E-state index >= 15 is 0 Å². The smallest absolute Gasteiger partial charge is 0.217 e. The molecule has 1 aliphatic rings. The third-order valence-electron chi connectivity index (χ3n) is 3.64. The first-order chi connectivity index (χ1) is 10.0. The van der Waals surface area contributed by atoms with Gasteiger partial charge in [-0.1, -0.05) is 13.0 Å². The maximum atomic E-state index is 12.2. The van der Waals surface area contributed by atoms with Crippen molar-refractivity contribution in [3.8, 4) is 5.75 Å². The second-order valence-corrected chi connectivity index (χ2v) is 7.16. The van der Waals surface area contributed by atoms with Gasteiger partial charge in [0.1, 0.15) is 12.4 Å². The van der Waals surface area contributed by atoms with Crippen molar-refractivity contribution in [1.82, 2.24) is 9.21 Å². The van der Waals surface area contributed by atoms with E-state index in [9.17, 15) is 8.42 Å². The van der Waals surface area contributed by atoms with Crippen LogP contribution in [0.2, 0.25) is 0 Å². The fraction of sp³-hybridized carbons (Fsp3) is 0.571. The molecular weight excluding hydrogens is 290 g/mol. The Hall–Kier alpha value is -1.31. The molecular formula is C14H23N3O3S. The highest BCUT2D eigenvalue weighted by Crippen LogP contribution is 2.15. The summed E-state index contributed by atoms with van der Waals surface area (Å²) < 4.78 is 31.5. The average Bonchev–Trinajstić information content (AvgIpc) is 2.47. The van der Waals surface area contributed by atoms with Crippen molar-refractivity contribution in [2.75, 3.05) is 50.8 Å². The maximum Gasteiger partial charge on any atom is 0.217 e. The van der Waals surface area contributed by atoms with Gasteiger partial charge in [0, 0.05) is 37.9 Å². The van der Waals surface area contributed by atoms with Crippen molar-refractivity contribution in [2.24, 2.45) is 0 Å². The second-order valence-electron chi connectivity index (χ2n) is 5.07. The first-order valence-corrected chi connectivity index (χ1v) is 8.80. The van der Waals surface area contributed by atoms with Crippen LogP contribution in [0.1, 0.15) is 6.92 Å². The van der Waals surface area contributed by atoms with Crippen molar-refractivity contribution in [3.63, 3.8) is 0 Å². The number of anilines is 1. The van der Waals surface area contributed by atoms with Gasteiger partial charge < -0.3 is 15.4 Å². The topological polar surface area (TPSA) is 75.9 Å². The van der Waals surface area contributed by atoms with E-state index in [0.29, 0.717) is 24.5 Å². The third kappa shape index (κ3) is 4.59. The Morgan fingerprint density at radius 2 is 1.95 bits per heavy atom. The van der Waals surface area contributed by atoms with Gasteiger partial charge in [-0.25, -0.2) is 8.42 Å². The highest BCUT2D eigenvalue weighted by Gasteiger charge is 2.26. The first-order valence-electron chi connectivity index (χ1n) is 7.20. The number of hydrogen-bond acceptors (Lipinski definition) is 5. The molecule has 21 heavy (non-hydrogen) atoms. The highest BCUT2D eigenvalue weighted by molar-refractivity contribution is 7.89. The van der Waals surface area contributed by atoms with Crippen LogP contribution in [0.4, 0.5) is 5.69 Å². The normalized spacial score (nSPS) is 17.8. The largest absolute Gasteiger partial charge is 0.492 e. The molecule has 1 aliphatic heterocycles. The first kappa shape index (κ1) is 16.1. The van der Waals surface area contributed by atoms with Gasteiger partial charge in [-0.15, -0.1) is 0 Å². The predicted molar refractivity (Wildman–Crippen MR) is 83.8 cm³/mol. The van der Waals surface area contributed by atoms with Gasteiger partial charge in [-0.05, 0) is 18.7 Å². The molecule has 0 amide bonds. The summed E-state index contributed by atoms with van der Waals surface area (Å²) in [5, 5.41) is 0. The summed E-state index contributed by atoms with van der Waals surface area (Å²) in [5.74, 6) is 0.592. The summed E-state index contributed by atoms with van der Waals surface area (Å²) in [6.07, 6.45) is 0. The Labute approximate surface area is 126 Å². The number of nitrogen functional groups attached to an aromatic ring is 1. The van der Waals surface area contributed by atoms with Crippen LogP contribution in [0.15, 0.2) is 24.3 Å². The van der Waals surface area contributed by atoms with Gasteiger partial charge >= 0.3 is 0 Å². The number of sulfonamides is 1. The number of rotatable bonds is 6. The van der Waals surface area contributed by atoms with Crippen molar-refractivity contribution >= 4 is 15.7 Å². The number of benzene rings is 1. The third-order valence-corrected chi connectivity index (χ3v) is 5.47. The number of nitrogens with two attached hydrogens (primary N) is 1. The van der Waals surface area contributed by atoms with Crippen molar-refractivity contribution in [3.05, 3.63) is 24.3 Å². The molecule has 1 aromatic rings. The molecule has 1 aromatic carbocycles. The van der Waals surface area contributed by atoms with Gasteiger partial charge in [-0.3, -0.25) is 0 Å². The summed E-state index contributed by atoms with van der Waals surface area (Å²) in [6.45, 7) is 5.91. The van der Waals surface area contributed by atoms with E-state index in [2.05, 4.69) is 11.8 Å². The standard InChI is InChI=1S/C14H23N3O3S/c1-2-16-6-8-17(9-7-16)21(18,19)11-10-20-14-5-3-4-13(15)12-14/h3-5,12H,2,6-11,15H2,1H3. The molecule has 6 nitrogen and oxygen atoms in total. The molecule has 0 spiro atoms. The summed E-state index contributed by atoms with van der Waals surface area (Å²) in [7, 11) is -3.24. The van der Waals surface area contributed by atoms with Crippen LogP contribution in [-0.4, -0.2) is 62.7 Å². The van der Waals surface area contributed by atoms with Crippen LogP contribution >= 0.6 is 0 Å². The van der Waals surface area contributed by atoms with E-state index in [-0.39, 0.29) is 12.4 Å². The molecule has 2 N–H and O–H groups in total. The van der Waals surface area contributed by atoms with Crippen LogP contribution < -0.4 is 10.5 Å². The van der Waals surface area contributed by atoms with E-state index in [1.54, 1.807) is 28.6 Å². The lowest BCUT2D eigenvalue weighted by Gasteiger charge is -2.33. The highest BCUT2D eigenvalue weighted by atomic mass is 32.2. The number of piperazine rings is 1. The molecule has 2 rings (SSSR count). The average molecular weight is 313 g/mol. The van der Waals surface area contributed by atoms with Crippen LogP contribution in [0.3, 0.4) is 0 Å². The lowest BCUT2D eigenvalue weighted by molar-refractivity contribution is 0.195. The number of likely N-dealkylation sites (N-methyl/N-ethyl adjacent to an activating group) is 1. The summed E-state index contributed by atoms with van der Waals surface area (Å²) in [5.41, 5.74) is 6.25.